The number of methoxy groups -OCH3 is 1. The molecule has 7 nitrogen and oxygen atoms in total. The molecule has 1 aromatic heterocycles. The Morgan fingerprint density at radius 2 is 2.10 bits per heavy atom. The van der Waals surface area contributed by atoms with Gasteiger partial charge in [-0.15, -0.1) is 0 Å². The molecule has 2 atom stereocenters. The highest BCUT2D eigenvalue weighted by Crippen LogP contribution is 2.29. The normalized spacial score (nSPS) is 24.7. The van der Waals surface area contributed by atoms with Crippen LogP contribution in [0.3, 0.4) is 0 Å². The van der Waals surface area contributed by atoms with E-state index in [1.807, 2.05) is 4.90 Å². The topological polar surface area (TPSA) is 70.6 Å². The van der Waals surface area contributed by atoms with Crippen molar-refractivity contribution in [3.63, 3.8) is 0 Å². The number of urea groups is 1. The summed E-state index contributed by atoms with van der Waals surface area (Å²) < 4.78 is 5.11. The van der Waals surface area contributed by atoms with E-state index >= 15 is 0 Å². The molecule has 0 spiro atoms. The number of rotatable bonds is 3. The summed E-state index contributed by atoms with van der Waals surface area (Å²) in [6.45, 7) is 5.01. The summed E-state index contributed by atoms with van der Waals surface area (Å²) in [5, 5.41) is 3.06. The smallest absolute Gasteiger partial charge is 0.317 e. The summed E-state index contributed by atoms with van der Waals surface area (Å²) in [4.78, 5) is 24.6. The second kappa shape index (κ2) is 5.75. The van der Waals surface area contributed by atoms with E-state index in [9.17, 15) is 4.79 Å². The van der Waals surface area contributed by atoms with E-state index in [0.29, 0.717) is 36.9 Å². The molecule has 1 N–H and O–H groups in total. The van der Waals surface area contributed by atoms with Crippen LogP contribution >= 0.6 is 0 Å². The summed E-state index contributed by atoms with van der Waals surface area (Å²) >= 11 is 0. The highest BCUT2D eigenvalue weighted by Gasteiger charge is 2.35. The second-order valence-electron chi connectivity index (χ2n) is 5.64. The van der Waals surface area contributed by atoms with Crippen molar-refractivity contribution >= 4 is 12.0 Å². The van der Waals surface area contributed by atoms with Gasteiger partial charge in [-0.25, -0.2) is 9.78 Å². The molecular formula is C14H21N5O2. The first-order valence-electron chi connectivity index (χ1n) is 7.35. The van der Waals surface area contributed by atoms with Gasteiger partial charge >= 0.3 is 6.03 Å². The Balaban J connectivity index is 1.53. The summed E-state index contributed by atoms with van der Waals surface area (Å²) in [5.41, 5.74) is 0. The largest absolute Gasteiger partial charge is 0.481 e. The number of aromatic nitrogens is 2. The number of ether oxygens (including phenoxy) is 1. The Bertz CT molecular complexity index is 516. The summed E-state index contributed by atoms with van der Waals surface area (Å²) in [6, 6.07) is 2.15. The molecular weight excluding hydrogens is 270 g/mol. The Morgan fingerprint density at radius 3 is 2.71 bits per heavy atom. The number of piperazine rings is 1. The van der Waals surface area contributed by atoms with Gasteiger partial charge in [0.2, 0.25) is 11.8 Å². The highest BCUT2D eigenvalue weighted by molar-refractivity contribution is 5.75. The van der Waals surface area contributed by atoms with Gasteiger partial charge in [0.25, 0.3) is 0 Å². The van der Waals surface area contributed by atoms with Gasteiger partial charge in [-0.2, -0.15) is 4.98 Å². The average Bonchev–Trinajstić information content (AvgIpc) is 3.22. The van der Waals surface area contributed by atoms with Crippen molar-refractivity contribution in [2.45, 2.75) is 19.4 Å². The predicted molar refractivity (Wildman–Crippen MR) is 78.5 cm³/mol. The molecule has 3 rings (SSSR count). The monoisotopic (exact) mass is 291 g/mol. The maximum absolute atomic E-state index is 12.1. The quantitative estimate of drug-likeness (QED) is 0.889. The molecule has 2 aliphatic rings. The van der Waals surface area contributed by atoms with Gasteiger partial charge < -0.3 is 19.9 Å². The van der Waals surface area contributed by atoms with E-state index in [1.54, 1.807) is 19.4 Å². The lowest BCUT2D eigenvalue weighted by molar-refractivity contribution is 0.193. The van der Waals surface area contributed by atoms with Crippen molar-refractivity contribution in [1.29, 1.82) is 0 Å². The van der Waals surface area contributed by atoms with Crippen LogP contribution in [0.2, 0.25) is 0 Å². The first-order chi connectivity index (χ1) is 10.2. The molecule has 1 aliphatic heterocycles. The third-order valence-corrected chi connectivity index (χ3v) is 4.09. The van der Waals surface area contributed by atoms with Crippen LogP contribution in [0.5, 0.6) is 5.88 Å². The van der Waals surface area contributed by atoms with Crippen LogP contribution < -0.4 is 15.0 Å². The fourth-order valence-electron chi connectivity index (χ4n) is 2.48. The van der Waals surface area contributed by atoms with Gasteiger partial charge in [0.05, 0.1) is 7.11 Å². The van der Waals surface area contributed by atoms with Gasteiger partial charge in [-0.3, -0.25) is 0 Å². The standard InChI is InChI=1S/C14H21N5O2/c1-10-9-11(10)16-14(20)19-7-5-18(6-8-19)13-15-4-3-12(17-13)21-2/h3-4,10-11H,5-9H2,1-2H3,(H,16,20)/t10-,11+/m0/s1. The molecule has 0 unspecified atom stereocenters. The zero-order valence-corrected chi connectivity index (χ0v) is 12.5. The lowest BCUT2D eigenvalue weighted by Gasteiger charge is -2.34. The van der Waals surface area contributed by atoms with Crippen molar-refractivity contribution in [3.8, 4) is 5.88 Å². The summed E-state index contributed by atoms with van der Waals surface area (Å²) in [6.07, 6.45) is 2.79. The van der Waals surface area contributed by atoms with E-state index in [2.05, 4.69) is 27.1 Å². The zero-order valence-electron chi connectivity index (χ0n) is 12.5. The van der Waals surface area contributed by atoms with Crippen molar-refractivity contribution < 1.29 is 9.53 Å². The number of carbonyl (C=O) groups excluding carboxylic acids is 1. The molecule has 2 heterocycles. The highest BCUT2D eigenvalue weighted by atomic mass is 16.5. The van der Waals surface area contributed by atoms with E-state index in [4.69, 9.17) is 4.74 Å². The second-order valence-corrected chi connectivity index (χ2v) is 5.64. The number of amides is 2. The van der Waals surface area contributed by atoms with E-state index in [-0.39, 0.29) is 6.03 Å². The lowest BCUT2D eigenvalue weighted by Crippen LogP contribution is -2.52. The Hall–Kier alpha value is -2.05. The van der Waals surface area contributed by atoms with Gasteiger partial charge in [0.1, 0.15) is 0 Å². The van der Waals surface area contributed by atoms with E-state index in [0.717, 1.165) is 19.5 Å². The zero-order chi connectivity index (χ0) is 14.8. The third-order valence-electron chi connectivity index (χ3n) is 4.09. The summed E-state index contributed by atoms with van der Waals surface area (Å²) in [5.74, 6) is 1.84. The molecule has 2 amide bonds. The molecule has 1 aromatic rings. The fraction of sp³-hybridized carbons (Fsp3) is 0.643. The molecule has 0 bridgehead atoms. The number of carbonyl (C=O) groups is 1. The van der Waals surface area contributed by atoms with Gasteiger partial charge in [-0.05, 0) is 12.3 Å². The molecule has 114 valence electrons. The first kappa shape index (κ1) is 13.9. The van der Waals surface area contributed by atoms with Crippen molar-refractivity contribution in [2.24, 2.45) is 5.92 Å². The van der Waals surface area contributed by atoms with Crippen LogP contribution in [-0.2, 0) is 0 Å². The molecule has 0 radical (unpaired) electrons. The van der Waals surface area contributed by atoms with Crippen LogP contribution in [0.4, 0.5) is 10.7 Å². The minimum atomic E-state index is 0.0514. The van der Waals surface area contributed by atoms with Gasteiger partial charge in [0, 0.05) is 44.5 Å². The maximum atomic E-state index is 12.1. The molecule has 1 saturated carbocycles. The van der Waals surface area contributed by atoms with Crippen LogP contribution in [0, 0.1) is 5.92 Å². The SMILES string of the molecule is COc1ccnc(N2CCN(C(=O)N[C@@H]3C[C@@H]3C)CC2)n1. The molecule has 1 aliphatic carbocycles. The van der Waals surface area contributed by atoms with E-state index < -0.39 is 0 Å². The van der Waals surface area contributed by atoms with Crippen LogP contribution in [0.15, 0.2) is 12.3 Å². The number of nitrogens with one attached hydrogen (secondary N) is 1. The van der Waals surface area contributed by atoms with E-state index in [1.165, 1.54) is 0 Å². The maximum Gasteiger partial charge on any atom is 0.317 e. The summed E-state index contributed by atoms with van der Waals surface area (Å²) in [7, 11) is 1.59. The fourth-order valence-corrected chi connectivity index (χ4v) is 2.48. The predicted octanol–water partition coefficient (Wildman–Crippen LogP) is 0.725. The Kier molecular flexibility index (Phi) is 3.81. The minimum Gasteiger partial charge on any atom is -0.481 e. The number of hydrogen-bond acceptors (Lipinski definition) is 5. The van der Waals surface area contributed by atoms with Gasteiger partial charge in [-0.1, -0.05) is 6.92 Å². The van der Waals surface area contributed by atoms with Crippen molar-refractivity contribution in [3.05, 3.63) is 12.3 Å². The molecule has 7 heteroatoms. The third kappa shape index (κ3) is 3.17. The van der Waals surface area contributed by atoms with Crippen LogP contribution in [-0.4, -0.2) is 60.2 Å². The van der Waals surface area contributed by atoms with Crippen LogP contribution in [0.1, 0.15) is 13.3 Å². The van der Waals surface area contributed by atoms with Crippen molar-refractivity contribution in [2.75, 3.05) is 38.2 Å². The first-order valence-corrected chi connectivity index (χ1v) is 7.35. The average molecular weight is 291 g/mol. The van der Waals surface area contributed by atoms with Crippen molar-refractivity contribution in [1.82, 2.24) is 20.2 Å². The number of anilines is 1. The van der Waals surface area contributed by atoms with Gasteiger partial charge in [0.15, 0.2) is 0 Å². The Labute approximate surface area is 124 Å². The Morgan fingerprint density at radius 1 is 1.38 bits per heavy atom. The number of nitrogens with zero attached hydrogens (tertiary/aromatic N) is 4. The molecule has 1 saturated heterocycles. The molecule has 0 aromatic carbocycles. The lowest BCUT2D eigenvalue weighted by atomic mass is 10.3. The molecule has 21 heavy (non-hydrogen) atoms. The number of hydrogen-bond donors (Lipinski definition) is 1. The molecule has 2 fully saturated rings. The minimum absolute atomic E-state index is 0.0514. The van der Waals surface area contributed by atoms with Crippen LogP contribution in [0.25, 0.3) is 0 Å².